The molecular weight excluding hydrogens is 201 g/mol. The second-order valence-electron chi connectivity index (χ2n) is 1.69. The third kappa shape index (κ3) is 1.73. The zero-order valence-corrected chi connectivity index (χ0v) is 6.82. The Morgan fingerprint density at radius 2 is 2.50 bits per heavy atom. The van der Waals surface area contributed by atoms with E-state index in [-0.39, 0.29) is 11.7 Å². The van der Waals surface area contributed by atoms with Crippen LogP contribution in [0.4, 0.5) is 4.39 Å². The van der Waals surface area contributed by atoms with Gasteiger partial charge in [-0.15, -0.1) is 0 Å². The quantitative estimate of drug-likeness (QED) is 0.754. The third-order valence-electron chi connectivity index (χ3n) is 0.985. The average Bonchev–Trinajstić information content (AvgIpc) is 2.31. The summed E-state index contributed by atoms with van der Waals surface area (Å²) < 4.78 is 17.4. The Kier molecular flexibility index (Phi) is 2.74. The molecule has 0 unspecified atom stereocenters. The summed E-state index contributed by atoms with van der Waals surface area (Å²) in [7, 11) is 0. The number of ether oxygens (including phenoxy) is 1. The molecule has 0 bridgehead atoms. The first-order chi connectivity index (χ1) is 4.84. The fraction of sp³-hybridized carbons (Fsp3) is 0.333. The molecule has 2 nitrogen and oxygen atoms in total. The van der Waals surface area contributed by atoms with Crippen molar-refractivity contribution < 1.29 is 9.13 Å². The van der Waals surface area contributed by atoms with Crippen molar-refractivity contribution >= 4 is 15.9 Å². The lowest BCUT2D eigenvalue weighted by Crippen LogP contribution is -1.98. The van der Waals surface area contributed by atoms with Gasteiger partial charge in [0.15, 0.2) is 5.82 Å². The first-order valence-corrected chi connectivity index (χ1v) is 3.98. The van der Waals surface area contributed by atoms with Gasteiger partial charge >= 0.3 is 0 Å². The molecule has 0 aliphatic rings. The van der Waals surface area contributed by atoms with Crippen LogP contribution >= 0.6 is 15.9 Å². The van der Waals surface area contributed by atoms with E-state index in [4.69, 9.17) is 4.74 Å². The fourth-order valence-corrected chi connectivity index (χ4v) is 0.748. The van der Waals surface area contributed by atoms with Crippen LogP contribution in [0, 0.1) is 5.82 Å². The van der Waals surface area contributed by atoms with Crippen LogP contribution in [-0.4, -0.2) is 16.9 Å². The maximum atomic E-state index is 12.5. The Bertz CT molecular complexity index is 201. The maximum absolute atomic E-state index is 12.5. The van der Waals surface area contributed by atoms with Gasteiger partial charge in [-0.05, 0) is 6.07 Å². The Balaban J connectivity index is 2.49. The Morgan fingerprint density at radius 1 is 1.70 bits per heavy atom. The van der Waals surface area contributed by atoms with Gasteiger partial charge in [0.2, 0.25) is 5.88 Å². The van der Waals surface area contributed by atoms with Gasteiger partial charge < -0.3 is 9.72 Å². The molecular formula is C6H7BrFNO. The second-order valence-corrected chi connectivity index (χ2v) is 2.49. The predicted octanol–water partition coefficient (Wildman–Crippen LogP) is 1.93. The summed E-state index contributed by atoms with van der Waals surface area (Å²) in [4.78, 5) is 2.62. The van der Waals surface area contributed by atoms with E-state index in [0.29, 0.717) is 11.9 Å². The summed E-state index contributed by atoms with van der Waals surface area (Å²) in [5, 5.41) is 0.700. The summed E-state index contributed by atoms with van der Waals surface area (Å²) in [6, 6.07) is 1.32. The number of halogens is 2. The van der Waals surface area contributed by atoms with Crippen molar-refractivity contribution in [1.29, 1.82) is 0 Å². The van der Waals surface area contributed by atoms with E-state index in [1.807, 2.05) is 0 Å². The SMILES string of the molecule is Fc1cc[nH]c1OCCBr. The number of nitrogens with one attached hydrogen (secondary N) is 1. The largest absolute Gasteiger partial charge is 0.476 e. The van der Waals surface area contributed by atoms with E-state index in [0.717, 1.165) is 0 Å². The van der Waals surface area contributed by atoms with E-state index in [2.05, 4.69) is 20.9 Å². The summed E-state index contributed by atoms with van der Waals surface area (Å²) in [6.45, 7) is 0.470. The number of aromatic nitrogens is 1. The van der Waals surface area contributed by atoms with Gasteiger partial charge in [0.1, 0.15) is 0 Å². The van der Waals surface area contributed by atoms with E-state index in [9.17, 15) is 4.39 Å². The molecule has 1 aromatic heterocycles. The molecule has 56 valence electrons. The lowest BCUT2D eigenvalue weighted by molar-refractivity contribution is 0.315. The number of aromatic amines is 1. The van der Waals surface area contributed by atoms with Crippen molar-refractivity contribution in [2.45, 2.75) is 0 Å². The fourth-order valence-electron chi connectivity index (χ4n) is 0.586. The van der Waals surface area contributed by atoms with Crippen LogP contribution < -0.4 is 4.74 Å². The Labute approximate surface area is 66.5 Å². The number of hydrogen-bond acceptors (Lipinski definition) is 1. The minimum absolute atomic E-state index is 0.208. The summed E-state index contributed by atoms with van der Waals surface area (Å²) in [5.74, 6) is -0.139. The van der Waals surface area contributed by atoms with Crippen LogP contribution in [0.5, 0.6) is 5.88 Å². The predicted molar refractivity (Wildman–Crippen MR) is 40.0 cm³/mol. The topological polar surface area (TPSA) is 25.0 Å². The number of H-pyrrole nitrogens is 1. The lowest BCUT2D eigenvalue weighted by atomic mass is 10.6. The van der Waals surface area contributed by atoms with E-state index >= 15 is 0 Å². The normalized spacial score (nSPS) is 9.80. The molecule has 0 aromatic carbocycles. The van der Waals surface area contributed by atoms with Crippen molar-refractivity contribution in [2.75, 3.05) is 11.9 Å². The monoisotopic (exact) mass is 207 g/mol. The maximum Gasteiger partial charge on any atom is 0.227 e. The molecule has 0 radical (unpaired) electrons. The standard InChI is InChI=1S/C6H7BrFNO/c7-2-4-10-6-5(8)1-3-9-6/h1,3,9H,2,4H2. The van der Waals surface area contributed by atoms with Crippen LogP contribution in [0.3, 0.4) is 0 Å². The Morgan fingerprint density at radius 3 is 3.00 bits per heavy atom. The minimum atomic E-state index is -0.346. The molecule has 0 spiro atoms. The molecule has 1 aromatic rings. The summed E-state index contributed by atoms with van der Waals surface area (Å²) >= 11 is 3.16. The summed E-state index contributed by atoms with van der Waals surface area (Å²) in [6.07, 6.45) is 1.50. The Hall–Kier alpha value is -0.510. The first kappa shape index (κ1) is 7.60. The van der Waals surface area contributed by atoms with Gasteiger partial charge in [-0.2, -0.15) is 0 Å². The molecule has 0 amide bonds. The molecule has 0 aliphatic carbocycles. The molecule has 1 heterocycles. The average molecular weight is 208 g/mol. The van der Waals surface area contributed by atoms with Crippen LogP contribution in [-0.2, 0) is 0 Å². The van der Waals surface area contributed by atoms with Gasteiger partial charge in [0, 0.05) is 11.5 Å². The number of alkyl halides is 1. The molecule has 1 N–H and O–H groups in total. The van der Waals surface area contributed by atoms with Crippen LogP contribution in [0.15, 0.2) is 12.3 Å². The number of rotatable bonds is 3. The van der Waals surface area contributed by atoms with Gasteiger partial charge in [-0.3, -0.25) is 0 Å². The zero-order valence-electron chi connectivity index (χ0n) is 5.23. The van der Waals surface area contributed by atoms with Crippen molar-refractivity contribution in [3.63, 3.8) is 0 Å². The first-order valence-electron chi connectivity index (χ1n) is 2.86. The van der Waals surface area contributed by atoms with Crippen LogP contribution in [0.25, 0.3) is 0 Å². The molecule has 10 heavy (non-hydrogen) atoms. The van der Waals surface area contributed by atoms with E-state index in [1.54, 1.807) is 0 Å². The van der Waals surface area contributed by atoms with Crippen molar-refractivity contribution in [1.82, 2.24) is 4.98 Å². The molecule has 0 saturated heterocycles. The van der Waals surface area contributed by atoms with Gasteiger partial charge in [-0.1, -0.05) is 15.9 Å². The molecule has 0 fully saturated rings. The van der Waals surface area contributed by atoms with Crippen molar-refractivity contribution in [3.05, 3.63) is 18.1 Å². The zero-order chi connectivity index (χ0) is 7.40. The molecule has 0 atom stereocenters. The van der Waals surface area contributed by atoms with Crippen molar-refractivity contribution in [2.24, 2.45) is 0 Å². The van der Waals surface area contributed by atoms with Gasteiger partial charge in [0.25, 0.3) is 0 Å². The molecule has 1 rings (SSSR count). The van der Waals surface area contributed by atoms with Crippen molar-refractivity contribution in [3.8, 4) is 5.88 Å². The highest BCUT2D eigenvalue weighted by Gasteiger charge is 2.01. The molecule has 0 aliphatic heterocycles. The third-order valence-corrected chi connectivity index (χ3v) is 1.31. The number of hydrogen-bond donors (Lipinski definition) is 1. The highest BCUT2D eigenvalue weighted by molar-refractivity contribution is 9.09. The van der Waals surface area contributed by atoms with Gasteiger partial charge in [0.05, 0.1) is 6.61 Å². The van der Waals surface area contributed by atoms with Crippen LogP contribution in [0.1, 0.15) is 0 Å². The van der Waals surface area contributed by atoms with E-state index < -0.39 is 0 Å². The highest BCUT2D eigenvalue weighted by Crippen LogP contribution is 2.12. The lowest BCUT2D eigenvalue weighted by Gasteiger charge is -1.98. The second kappa shape index (κ2) is 3.61. The minimum Gasteiger partial charge on any atom is -0.476 e. The van der Waals surface area contributed by atoms with E-state index in [1.165, 1.54) is 12.3 Å². The smallest absolute Gasteiger partial charge is 0.227 e. The highest BCUT2D eigenvalue weighted by atomic mass is 79.9. The summed E-state index contributed by atoms with van der Waals surface area (Å²) in [5.41, 5.74) is 0. The molecule has 0 saturated carbocycles. The molecule has 4 heteroatoms. The van der Waals surface area contributed by atoms with Gasteiger partial charge in [-0.25, -0.2) is 4.39 Å². The van der Waals surface area contributed by atoms with Crippen LogP contribution in [0.2, 0.25) is 0 Å².